The van der Waals surface area contributed by atoms with Crippen LogP contribution >= 0.6 is 15.9 Å². The molecular formula is C10H8BrNO. The fourth-order valence-corrected chi connectivity index (χ4v) is 1.11. The molecule has 0 fully saturated rings. The highest BCUT2D eigenvalue weighted by atomic mass is 79.9. The number of hydrogen-bond donors (Lipinski definition) is 1. The Hall–Kier alpha value is -1.27. The molecule has 1 rings (SSSR count). The van der Waals surface area contributed by atoms with E-state index in [0.717, 1.165) is 10.9 Å². The first kappa shape index (κ1) is 9.82. The zero-order valence-corrected chi connectivity index (χ0v) is 8.45. The molecule has 13 heavy (non-hydrogen) atoms. The Morgan fingerprint density at radius 1 is 1.54 bits per heavy atom. The fraction of sp³-hybridized carbons (Fsp3) is 0.100. The van der Waals surface area contributed by atoms with E-state index >= 15 is 0 Å². The summed E-state index contributed by atoms with van der Waals surface area (Å²) in [5, 5.41) is 18.6. The number of halogens is 1. The van der Waals surface area contributed by atoms with Crippen LogP contribution in [0.15, 0.2) is 24.3 Å². The first-order chi connectivity index (χ1) is 6.27. The van der Waals surface area contributed by atoms with Gasteiger partial charge in [0.15, 0.2) is 0 Å². The van der Waals surface area contributed by atoms with E-state index < -0.39 is 0 Å². The Labute approximate surface area is 85.3 Å². The topological polar surface area (TPSA) is 44.0 Å². The van der Waals surface area contributed by atoms with E-state index in [0.29, 0.717) is 5.56 Å². The van der Waals surface area contributed by atoms with Crippen molar-refractivity contribution in [2.75, 3.05) is 5.33 Å². The first-order valence-electron chi connectivity index (χ1n) is 3.73. The van der Waals surface area contributed by atoms with Crippen molar-refractivity contribution in [1.82, 2.24) is 0 Å². The molecule has 1 aromatic carbocycles. The maximum atomic E-state index is 9.32. The summed E-state index contributed by atoms with van der Waals surface area (Å²) in [5.74, 6) is 0.0271. The van der Waals surface area contributed by atoms with Crippen molar-refractivity contribution in [3.63, 3.8) is 0 Å². The SMILES string of the molecule is N#Cc1ccc(C=CCBr)cc1O. The van der Waals surface area contributed by atoms with Crippen LogP contribution in [0.5, 0.6) is 5.75 Å². The minimum atomic E-state index is 0.0271. The third kappa shape index (κ3) is 2.60. The molecule has 0 unspecified atom stereocenters. The maximum Gasteiger partial charge on any atom is 0.133 e. The molecule has 0 saturated carbocycles. The van der Waals surface area contributed by atoms with Crippen LogP contribution in [0.3, 0.4) is 0 Å². The number of phenolic OH excluding ortho intramolecular Hbond substituents is 1. The second kappa shape index (κ2) is 4.68. The van der Waals surface area contributed by atoms with Gasteiger partial charge in [0, 0.05) is 5.33 Å². The molecule has 1 aromatic rings. The number of hydrogen-bond acceptors (Lipinski definition) is 2. The Balaban J connectivity index is 2.97. The number of allylic oxidation sites excluding steroid dienone is 1. The van der Waals surface area contributed by atoms with E-state index in [2.05, 4.69) is 15.9 Å². The zero-order valence-electron chi connectivity index (χ0n) is 6.87. The van der Waals surface area contributed by atoms with E-state index in [9.17, 15) is 5.11 Å². The largest absolute Gasteiger partial charge is 0.507 e. The molecule has 0 aliphatic heterocycles. The molecule has 3 heteroatoms. The van der Waals surface area contributed by atoms with Gasteiger partial charge in [0.05, 0.1) is 5.56 Å². The Morgan fingerprint density at radius 2 is 2.31 bits per heavy atom. The van der Waals surface area contributed by atoms with Gasteiger partial charge in [0.1, 0.15) is 11.8 Å². The maximum absolute atomic E-state index is 9.32. The van der Waals surface area contributed by atoms with E-state index in [1.54, 1.807) is 18.2 Å². The van der Waals surface area contributed by atoms with Crippen LogP contribution in [0, 0.1) is 11.3 Å². The van der Waals surface area contributed by atoms with Crippen molar-refractivity contribution in [1.29, 1.82) is 5.26 Å². The smallest absolute Gasteiger partial charge is 0.133 e. The van der Waals surface area contributed by atoms with Gasteiger partial charge in [-0.2, -0.15) is 5.26 Å². The summed E-state index contributed by atoms with van der Waals surface area (Å²) in [6.45, 7) is 0. The molecule has 66 valence electrons. The van der Waals surface area contributed by atoms with Gasteiger partial charge >= 0.3 is 0 Å². The quantitative estimate of drug-likeness (QED) is 0.805. The van der Waals surface area contributed by atoms with Gasteiger partial charge in [-0.05, 0) is 17.7 Å². The van der Waals surface area contributed by atoms with E-state index in [-0.39, 0.29) is 5.75 Å². The summed E-state index contributed by atoms with van der Waals surface area (Å²) in [6, 6.07) is 6.85. The van der Waals surface area contributed by atoms with Crippen molar-refractivity contribution in [3.8, 4) is 11.8 Å². The predicted octanol–water partition coefficient (Wildman–Crippen LogP) is 2.67. The van der Waals surface area contributed by atoms with Gasteiger partial charge in [0.2, 0.25) is 0 Å². The molecule has 1 N–H and O–H groups in total. The van der Waals surface area contributed by atoms with Crippen LogP contribution in [-0.2, 0) is 0 Å². The van der Waals surface area contributed by atoms with Gasteiger partial charge in [-0.1, -0.05) is 34.1 Å². The lowest BCUT2D eigenvalue weighted by molar-refractivity contribution is 0.473. The van der Waals surface area contributed by atoms with Gasteiger partial charge in [-0.15, -0.1) is 0 Å². The molecule has 2 nitrogen and oxygen atoms in total. The summed E-state index contributed by atoms with van der Waals surface area (Å²) in [4.78, 5) is 0. The average Bonchev–Trinajstić information content (AvgIpc) is 2.15. The summed E-state index contributed by atoms with van der Waals surface area (Å²) < 4.78 is 0. The lowest BCUT2D eigenvalue weighted by Crippen LogP contribution is -1.78. The molecule has 0 aromatic heterocycles. The van der Waals surface area contributed by atoms with Gasteiger partial charge in [-0.3, -0.25) is 0 Å². The highest BCUT2D eigenvalue weighted by Crippen LogP contribution is 2.18. The van der Waals surface area contributed by atoms with E-state index in [1.165, 1.54) is 0 Å². The fourth-order valence-electron chi connectivity index (χ4n) is 0.928. The lowest BCUT2D eigenvalue weighted by Gasteiger charge is -1.96. The minimum Gasteiger partial charge on any atom is -0.507 e. The van der Waals surface area contributed by atoms with Gasteiger partial charge in [0.25, 0.3) is 0 Å². The van der Waals surface area contributed by atoms with Crippen molar-refractivity contribution in [2.45, 2.75) is 0 Å². The summed E-state index contributed by atoms with van der Waals surface area (Å²) in [5.41, 5.74) is 1.19. The number of aromatic hydroxyl groups is 1. The molecule has 0 aliphatic rings. The number of phenols is 1. The number of rotatable bonds is 2. The molecule has 0 radical (unpaired) electrons. The van der Waals surface area contributed by atoms with E-state index in [1.807, 2.05) is 18.2 Å². The molecule has 0 atom stereocenters. The van der Waals surface area contributed by atoms with Crippen LogP contribution in [-0.4, -0.2) is 10.4 Å². The number of benzene rings is 1. The second-order valence-corrected chi connectivity index (χ2v) is 3.09. The monoisotopic (exact) mass is 237 g/mol. The zero-order chi connectivity index (χ0) is 9.68. The second-order valence-electron chi connectivity index (χ2n) is 2.45. The normalized spacial score (nSPS) is 10.2. The summed E-state index contributed by atoms with van der Waals surface area (Å²) in [7, 11) is 0. The third-order valence-electron chi connectivity index (χ3n) is 1.54. The Bertz CT molecular complexity index is 366. The van der Waals surface area contributed by atoms with Crippen molar-refractivity contribution in [2.24, 2.45) is 0 Å². The molecule has 0 heterocycles. The summed E-state index contributed by atoms with van der Waals surface area (Å²) >= 11 is 3.25. The molecule has 0 aliphatic carbocycles. The lowest BCUT2D eigenvalue weighted by atomic mass is 10.1. The highest BCUT2D eigenvalue weighted by Gasteiger charge is 1.98. The van der Waals surface area contributed by atoms with E-state index in [4.69, 9.17) is 5.26 Å². The Morgan fingerprint density at radius 3 is 2.85 bits per heavy atom. The molecule has 0 spiro atoms. The molecular weight excluding hydrogens is 230 g/mol. The van der Waals surface area contributed by atoms with Crippen LogP contribution < -0.4 is 0 Å². The van der Waals surface area contributed by atoms with Crippen LogP contribution in [0.1, 0.15) is 11.1 Å². The van der Waals surface area contributed by atoms with Crippen LogP contribution in [0.25, 0.3) is 6.08 Å². The minimum absolute atomic E-state index is 0.0271. The summed E-state index contributed by atoms with van der Waals surface area (Å²) in [6.07, 6.45) is 3.79. The van der Waals surface area contributed by atoms with Crippen molar-refractivity contribution < 1.29 is 5.11 Å². The number of alkyl halides is 1. The molecule has 0 saturated heterocycles. The predicted molar refractivity (Wildman–Crippen MR) is 55.6 cm³/mol. The van der Waals surface area contributed by atoms with Crippen LogP contribution in [0.2, 0.25) is 0 Å². The van der Waals surface area contributed by atoms with Gasteiger partial charge in [-0.25, -0.2) is 0 Å². The third-order valence-corrected chi connectivity index (χ3v) is 1.92. The molecule has 0 bridgehead atoms. The molecule has 0 amide bonds. The number of nitrogens with zero attached hydrogens (tertiary/aromatic N) is 1. The number of nitriles is 1. The highest BCUT2D eigenvalue weighted by molar-refractivity contribution is 9.09. The van der Waals surface area contributed by atoms with Crippen LogP contribution in [0.4, 0.5) is 0 Å². The van der Waals surface area contributed by atoms with Crippen molar-refractivity contribution in [3.05, 3.63) is 35.4 Å². The van der Waals surface area contributed by atoms with Gasteiger partial charge < -0.3 is 5.11 Å². The van der Waals surface area contributed by atoms with Crippen molar-refractivity contribution >= 4 is 22.0 Å². The first-order valence-corrected chi connectivity index (χ1v) is 4.85. The average molecular weight is 238 g/mol. The standard InChI is InChI=1S/C10H8BrNO/c11-5-1-2-8-3-4-9(7-12)10(13)6-8/h1-4,6,13H,5H2. The Kier molecular flexibility index (Phi) is 3.53.